The van der Waals surface area contributed by atoms with Gasteiger partial charge in [0.15, 0.2) is 0 Å². The molecule has 3 N–H and O–H groups in total. The number of hydrogen-bond donors (Lipinski definition) is 3. The van der Waals surface area contributed by atoms with E-state index in [4.69, 9.17) is 4.74 Å². The van der Waals surface area contributed by atoms with Crippen LogP contribution in [0.25, 0.3) is 0 Å². The number of carbonyl (C=O) groups is 5. The topological polar surface area (TPSA) is 142 Å². The van der Waals surface area contributed by atoms with Gasteiger partial charge in [-0.3, -0.25) is 14.4 Å². The SMILES string of the molecule is CC(C)(C)OC(=O)NC(C(=O)N1CC2C(C1C(=O)NC(CC1CC1)C(=O)C(=O)O)C2(C)C)C1CCC(F)(F)CC1. The normalized spacial score (nSPS) is 28.6. The van der Waals surface area contributed by atoms with Crippen LogP contribution in [0.5, 0.6) is 0 Å². The highest BCUT2D eigenvalue weighted by Crippen LogP contribution is 2.65. The third-order valence-electron chi connectivity index (χ3n) is 9.04. The van der Waals surface area contributed by atoms with Crippen molar-refractivity contribution < 1.29 is 42.6 Å². The van der Waals surface area contributed by atoms with E-state index in [2.05, 4.69) is 10.6 Å². The van der Waals surface area contributed by atoms with E-state index in [-0.39, 0.29) is 49.0 Å². The molecule has 0 aromatic rings. The molecule has 10 nitrogen and oxygen atoms in total. The Morgan fingerprint density at radius 2 is 1.62 bits per heavy atom. The number of carboxylic acids is 1. The second-order valence-electron chi connectivity index (χ2n) is 13.6. The van der Waals surface area contributed by atoms with Gasteiger partial charge in [-0.15, -0.1) is 0 Å². The highest BCUT2D eigenvalue weighted by Gasteiger charge is 2.70. The maximum absolute atomic E-state index is 14.0. The van der Waals surface area contributed by atoms with E-state index in [9.17, 15) is 37.9 Å². The summed E-state index contributed by atoms with van der Waals surface area (Å²) in [7, 11) is 0. The fourth-order valence-corrected chi connectivity index (χ4v) is 6.53. The molecule has 5 atom stereocenters. The minimum atomic E-state index is -2.84. The van der Waals surface area contributed by atoms with Crippen LogP contribution in [-0.4, -0.2) is 75.9 Å². The first-order chi connectivity index (χ1) is 18.4. The van der Waals surface area contributed by atoms with Gasteiger partial charge in [0.05, 0.1) is 6.04 Å². The lowest BCUT2D eigenvalue weighted by Gasteiger charge is -2.38. The van der Waals surface area contributed by atoms with Crippen LogP contribution in [0.1, 0.15) is 79.6 Å². The number of carboxylic acid groups (broad SMARTS) is 1. The van der Waals surface area contributed by atoms with Crippen LogP contribution in [0.15, 0.2) is 0 Å². The van der Waals surface area contributed by atoms with Crippen molar-refractivity contribution in [1.82, 2.24) is 15.5 Å². The Morgan fingerprint density at radius 1 is 1.02 bits per heavy atom. The molecule has 1 aliphatic heterocycles. The van der Waals surface area contributed by atoms with E-state index in [1.807, 2.05) is 13.8 Å². The molecule has 4 rings (SSSR count). The number of likely N-dealkylation sites (tertiary alicyclic amines) is 1. The zero-order valence-corrected chi connectivity index (χ0v) is 23.8. The van der Waals surface area contributed by atoms with Crippen molar-refractivity contribution in [1.29, 1.82) is 0 Å². The van der Waals surface area contributed by atoms with Crippen molar-refractivity contribution >= 4 is 29.7 Å². The first-order valence-electron chi connectivity index (χ1n) is 14.2. The number of rotatable bonds is 9. The van der Waals surface area contributed by atoms with E-state index in [1.165, 1.54) is 4.90 Å². The molecule has 1 heterocycles. The van der Waals surface area contributed by atoms with Crippen molar-refractivity contribution in [2.24, 2.45) is 29.1 Å². The van der Waals surface area contributed by atoms with Crippen LogP contribution in [0, 0.1) is 29.1 Å². The lowest BCUT2D eigenvalue weighted by Crippen LogP contribution is -2.60. The molecule has 0 radical (unpaired) electrons. The van der Waals surface area contributed by atoms with Crippen molar-refractivity contribution in [3.05, 3.63) is 0 Å². The third kappa shape index (κ3) is 6.57. The second-order valence-corrected chi connectivity index (χ2v) is 13.6. The molecule has 224 valence electrons. The summed E-state index contributed by atoms with van der Waals surface area (Å²) in [6.07, 6.45) is 0.253. The maximum atomic E-state index is 14.0. The van der Waals surface area contributed by atoms with Gasteiger partial charge in [-0.2, -0.15) is 0 Å². The number of piperidine rings is 1. The number of Topliss-reactive ketones (excluding diaryl/α,β-unsaturated/α-hetero) is 1. The van der Waals surface area contributed by atoms with Gasteiger partial charge < -0.3 is 25.4 Å². The smallest absolute Gasteiger partial charge is 0.408 e. The average Bonchev–Trinajstić information content (AvgIpc) is 3.67. The van der Waals surface area contributed by atoms with E-state index in [0.717, 1.165) is 12.8 Å². The molecule has 0 bridgehead atoms. The third-order valence-corrected chi connectivity index (χ3v) is 9.04. The number of hydrogen-bond acceptors (Lipinski definition) is 6. The number of carbonyl (C=O) groups excluding carboxylic acids is 4. The Bertz CT molecular complexity index is 1060. The summed E-state index contributed by atoms with van der Waals surface area (Å²) in [4.78, 5) is 65.6. The van der Waals surface area contributed by atoms with E-state index >= 15 is 0 Å². The van der Waals surface area contributed by atoms with Gasteiger partial charge in [-0.1, -0.05) is 26.7 Å². The molecule has 4 aliphatic rings. The summed E-state index contributed by atoms with van der Waals surface area (Å²) >= 11 is 0. The number of fused-ring (bicyclic) bond motifs is 1. The minimum absolute atomic E-state index is 0.0119. The zero-order valence-electron chi connectivity index (χ0n) is 23.8. The molecule has 0 spiro atoms. The van der Waals surface area contributed by atoms with Gasteiger partial charge in [0, 0.05) is 19.4 Å². The molecular formula is C28H41F2N3O7. The number of nitrogens with zero attached hydrogens (tertiary/aromatic N) is 1. The molecule has 3 aliphatic carbocycles. The summed E-state index contributed by atoms with van der Waals surface area (Å²) in [5, 5.41) is 14.5. The number of aliphatic carboxylic acids is 1. The number of nitrogens with one attached hydrogen (secondary N) is 2. The summed E-state index contributed by atoms with van der Waals surface area (Å²) in [6.45, 7) is 9.18. The summed E-state index contributed by atoms with van der Waals surface area (Å²) < 4.78 is 33.2. The first kappa shape index (κ1) is 30.2. The molecule has 12 heteroatoms. The van der Waals surface area contributed by atoms with Crippen LogP contribution < -0.4 is 10.6 Å². The molecule has 0 aromatic heterocycles. The standard InChI is InChI=1S/C28H41F2N3O7/c1-26(2,3)40-25(39)32-19(15-8-10-28(29,30)11-9-15)23(36)33-13-16-18(27(16,4)5)20(33)22(35)31-17(12-14-6-7-14)21(34)24(37)38/h14-20H,6-13H2,1-5H3,(H,31,35)(H,32,39)(H,37,38). The monoisotopic (exact) mass is 569 g/mol. The molecule has 40 heavy (non-hydrogen) atoms. The molecule has 3 saturated carbocycles. The molecular weight excluding hydrogens is 528 g/mol. The Hall–Kier alpha value is -2.79. The molecule has 3 amide bonds. The van der Waals surface area contributed by atoms with Crippen molar-refractivity contribution in [2.75, 3.05) is 6.54 Å². The summed E-state index contributed by atoms with van der Waals surface area (Å²) in [5.74, 6) is -7.41. The van der Waals surface area contributed by atoms with Crippen LogP contribution in [0.2, 0.25) is 0 Å². The Balaban J connectivity index is 1.57. The number of ether oxygens (including phenoxy) is 1. The zero-order chi connectivity index (χ0) is 29.8. The average molecular weight is 570 g/mol. The fourth-order valence-electron chi connectivity index (χ4n) is 6.53. The van der Waals surface area contributed by atoms with Crippen molar-refractivity contribution in [2.45, 2.75) is 109 Å². The van der Waals surface area contributed by atoms with E-state index in [1.54, 1.807) is 20.8 Å². The number of ketones is 1. The molecule has 5 unspecified atom stereocenters. The van der Waals surface area contributed by atoms with Crippen LogP contribution in [0.4, 0.5) is 13.6 Å². The highest BCUT2D eigenvalue weighted by atomic mass is 19.3. The predicted octanol–water partition coefficient (Wildman–Crippen LogP) is 3.13. The largest absolute Gasteiger partial charge is 0.475 e. The predicted molar refractivity (Wildman–Crippen MR) is 138 cm³/mol. The lowest BCUT2D eigenvalue weighted by molar-refractivity contribution is -0.151. The number of amides is 3. The quantitative estimate of drug-likeness (QED) is 0.362. The van der Waals surface area contributed by atoms with Crippen molar-refractivity contribution in [3.8, 4) is 0 Å². The molecule has 1 saturated heterocycles. The minimum Gasteiger partial charge on any atom is -0.475 e. The van der Waals surface area contributed by atoms with Gasteiger partial charge in [-0.05, 0) is 69.1 Å². The fraction of sp³-hybridized carbons (Fsp3) is 0.821. The van der Waals surface area contributed by atoms with Gasteiger partial charge in [0.1, 0.15) is 17.7 Å². The van der Waals surface area contributed by atoms with Gasteiger partial charge in [-0.25, -0.2) is 18.4 Å². The van der Waals surface area contributed by atoms with Crippen LogP contribution in [0.3, 0.4) is 0 Å². The first-order valence-corrected chi connectivity index (χ1v) is 14.2. The molecule has 4 fully saturated rings. The summed E-state index contributed by atoms with van der Waals surface area (Å²) in [6, 6.07) is -3.36. The Kier molecular flexibility index (Phi) is 7.96. The van der Waals surface area contributed by atoms with E-state index in [0.29, 0.717) is 0 Å². The van der Waals surface area contributed by atoms with E-state index < -0.39 is 78.1 Å². The number of halogens is 2. The second kappa shape index (κ2) is 10.6. The highest BCUT2D eigenvalue weighted by molar-refractivity contribution is 6.35. The number of alkyl halides is 2. The van der Waals surface area contributed by atoms with Gasteiger partial charge in [0.25, 0.3) is 5.78 Å². The van der Waals surface area contributed by atoms with Crippen LogP contribution >= 0.6 is 0 Å². The summed E-state index contributed by atoms with van der Waals surface area (Å²) in [5.41, 5.74) is -1.12. The maximum Gasteiger partial charge on any atom is 0.408 e. The van der Waals surface area contributed by atoms with Crippen molar-refractivity contribution in [3.63, 3.8) is 0 Å². The number of alkyl carbamates (subject to hydrolysis) is 1. The van der Waals surface area contributed by atoms with Gasteiger partial charge >= 0.3 is 12.1 Å². The molecule has 0 aromatic carbocycles. The lowest BCUT2D eigenvalue weighted by atomic mass is 9.81. The Labute approximate surface area is 232 Å². The van der Waals surface area contributed by atoms with Gasteiger partial charge in [0.2, 0.25) is 17.7 Å². The van der Waals surface area contributed by atoms with Crippen LogP contribution in [-0.2, 0) is 23.9 Å². The Morgan fingerprint density at radius 3 is 2.15 bits per heavy atom.